The molecule has 0 bridgehead atoms. The molecule has 0 fully saturated rings. The molecule has 5 nitrogen and oxygen atoms in total. The van der Waals surface area contributed by atoms with Crippen molar-refractivity contribution in [2.45, 2.75) is 6.54 Å². The summed E-state index contributed by atoms with van der Waals surface area (Å²) in [6.07, 6.45) is 3.21. The van der Waals surface area contributed by atoms with Crippen LogP contribution in [0, 0.1) is 12.4 Å². The fraction of sp³-hybridized carbons (Fsp3) is 0.0625. The van der Waals surface area contributed by atoms with E-state index in [-0.39, 0.29) is 18.2 Å². The van der Waals surface area contributed by atoms with E-state index in [1.165, 1.54) is 6.07 Å². The van der Waals surface area contributed by atoms with Gasteiger partial charge in [-0.1, -0.05) is 11.6 Å². The van der Waals surface area contributed by atoms with Gasteiger partial charge in [-0.25, -0.2) is 9.37 Å². The van der Waals surface area contributed by atoms with Gasteiger partial charge in [0.1, 0.15) is 10.3 Å². The molecule has 0 radical (unpaired) electrons. The molecule has 4 rings (SSSR count). The van der Waals surface area contributed by atoms with Crippen molar-refractivity contribution in [3.8, 4) is 0 Å². The molecule has 0 aliphatic carbocycles. The predicted octanol–water partition coefficient (Wildman–Crippen LogP) is 5.01. The molecule has 0 saturated heterocycles. The van der Waals surface area contributed by atoms with Crippen molar-refractivity contribution in [3.63, 3.8) is 0 Å². The normalized spacial score (nSPS) is 11.0. The summed E-state index contributed by atoms with van der Waals surface area (Å²) in [4.78, 5) is 11.9. The van der Waals surface area contributed by atoms with Crippen LogP contribution in [0.3, 0.4) is 0 Å². The first-order valence-corrected chi connectivity index (χ1v) is 8.64. The summed E-state index contributed by atoms with van der Waals surface area (Å²) < 4.78 is 17.6. The highest BCUT2D eigenvalue weighted by molar-refractivity contribution is 9.10. The maximum Gasteiger partial charge on any atom is 0.288 e. The molecule has 0 amide bonds. The Morgan fingerprint density at radius 1 is 1.38 bits per heavy atom. The summed E-state index contributed by atoms with van der Waals surface area (Å²) in [6, 6.07) is 5.18. The number of halogens is 2. The number of rotatable bonds is 3. The molecule has 0 aliphatic heterocycles. The first kappa shape index (κ1) is 15.1. The van der Waals surface area contributed by atoms with Crippen LogP contribution in [-0.2, 0) is 6.54 Å². The summed E-state index contributed by atoms with van der Waals surface area (Å²) in [5.41, 5.74) is 1.19. The standard InChI is InChI=1S/C16H9BrFN5S/c1-19-14-8-23-15(22-14)11(17)7-21-16(23)20-6-10-9-4-5-24-13(9)3-2-12(10)18/h2-5,7-8H,6H2,(H,20,21). The van der Waals surface area contributed by atoms with Crippen LogP contribution < -0.4 is 5.32 Å². The number of hydrogen-bond acceptors (Lipinski definition) is 4. The van der Waals surface area contributed by atoms with Crippen molar-refractivity contribution in [2.24, 2.45) is 0 Å². The molecule has 8 heteroatoms. The second-order valence-electron chi connectivity index (χ2n) is 5.05. The summed E-state index contributed by atoms with van der Waals surface area (Å²) in [7, 11) is 0. The van der Waals surface area contributed by atoms with E-state index in [0.717, 1.165) is 10.1 Å². The predicted molar refractivity (Wildman–Crippen MR) is 96.1 cm³/mol. The number of fused-ring (bicyclic) bond motifs is 2. The zero-order valence-electron chi connectivity index (χ0n) is 12.1. The van der Waals surface area contributed by atoms with E-state index in [9.17, 15) is 4.39 Å². The number of hydrogen-bond donors (Lipinski definition) is 1. The largest absolute Gasteiger partial charge is 0.359 e. The number of imidazole rings is 1. The van der Waals surface area contributed by atoms with E-state index in [1.54, 1.807) is 34.2 Å². The Morgan fingerprint density at radius 2 is 2.25 bits per heavy atom. The van der Waals surface area contributed by atoms with Crippen LogP contribution in [0.25, 0.3) is 20.6 Å². The molecule has 24 heavy (non-hydrogen) atoms. The average Bonchev–Trinajstić information content (AvgIpc) is 3.22. The monoisotopic (exact) mass is 401 g/mol. The van der Waals surface area contributed by atoms with E-state index in [2.05, 4.69) is 36.1 Å². The molecule has 3 aromatic heterocycles. The lowest BCUT2D eigenvalue weighted by molar-refractivity contribution is 0.615. The summed E-state index contributed by atoms with van der Waals surface area (Å²) in [6.45, 7) is 7.39. The lowest BCUT2D eigenvalue weighted by Crippen LogP contribution is -2.07. The van der Waals surface area contributed by atoms with Crippen molar-refractivity contribution in [1.82, 2.24) is 14.4 Å². The zero-order valence-corrected chi connectivity index (χ0v) is 14.5. The minimum absolute atomic E-state index is 0.255. The van der Waals surface area contributed by atoms with Crippen LogP contribution >= 0.6 is 27.3 Å². The van der Waals surface area contributed by atoms with Gasteiger partial charge in [0, 0.05) is 28.4 Å². The Hall–Kier alpha value is -2.50. The highest BCUT2D eigenvalue weighted by atomic mass is 79.9. The molecule has 0 aliphatic rings. The van der Waals surface area contributed by atoms with Crippen LogP contribution in [0.1, 0.15) is 5.56 Å². The van der Waals surface area contributed by atoms with Gasteiger partial charge in [0.25, 0.3) is 5.82 Å². The summed E-state index contributed by atoms with van der Waals surface area (Å²) >= 11 is 4.95. The smallest absolute Gasteiger partial charge is 0.288 e. The van der Waals surface area contributed by atoms with E-state index in [4.69, 9.17) is 6.57 Å². The Labute approximate surface area is 148 Å². The van der Waals surface area contributed by atoms with E-state index in [0.29, 0.717) is 21.6 Å². The van der Waals surface area contributed by atoms with Gasteiger partial charge in [-0.2, -0.15) is 0 Å². The third-order valence-corrected chi connectivity index (χ3v) is 5.10. The number of thiophene rings is 1. The maximum absolute atomic E-state index is 14.2. The van der Waals surface area contributed by atoms with Gasteiger partial charge < -0.3 is 10.2 Å². The molecule has 1 aromatic carbocycles. The molecular formula is C16H9BrFN5S. The van der Waals surface area contributed by atoms with Crippen molar-refractivity contribution < 1.29 is 4.39 Å². The number of nitrogens with zero attached hydrogens (tertiary/aromatic N) is 4. The molecule has 0 saturated carbocycles. The molecule has 3 heterocycles. The Kier molecular flexibility index (Phi) is 3.67. The third-order valence-electron chi connectivity index (χ3n) is 3.66. The lowest BCUT2D eigenvalue weighted by Gasteiger charge is -2.09. The first-order chi connectivity index (χ1) is 11.7. The van der Waals surface area contributed by atoms with Gasteiger partial charge in [-0.05, 0) is 39.5 Å². The maximum atomic E-state index is 14.2. The highest BCUT2D eigenvalue weighted by Gasteiger charge is 2.14. The van der Waals surface area contributed by atoms with E-state index >= 15 is 0 Å². The van der Waals surface area contributed by atoms with Crippen LogP contribution in [0.15, 0.2) is 40.4 Å². The van der Waals surface area contributed by atoms with Crippen LogP contribution in [0.2, 0.25) is 0 Å². The van der Waals surface area contributed by atoms with Gasteiger partial charge in [0.2, 0.25) is 11.6 Å². The Bertz CT molecular complexity index is 1110. The number of anilines is 1. The fourth-order valence-corrected chi connectivity index (χ4v) is 3.74. The molecular weight excluding hydrogens is 393 g/mol. The Balaban J connectivity index is 1.74. The molecule has 1 N–H and O–H groups in total. The Morgan fingerprint density at radius 3 is 3.08 bits per heavy atom. The number of benzene rings is 1. The molecule has 0 unspecified atom stereocenters. The second-order valence-corrected chi connectivity index (χ2v) is 6.85. The van der Waals surface area contributed by atoms with Crippen LogP contribution in [-0.4, -0.2) is 14.4 Å². The van der Waals surface area contributed by atoms with Crippen molar-refractivity contribution >= 4 is 54.8 Å². The highest BCUT2D eigenvalue weighted by Crippen LogP contribution is 2.28. The summed E-state index contributed by atoms with van der Waals surface area (Å²) in [5.74, 6) is 0.523. The fourth-order valence-electron chi connectivity index (χ4n) is 2.54. The summed E-state index contributed by atoms with van der Waals surface area (Å²) in [5, 5.41) is 5.99. The van der Waals surface area contributed by atoms with Crippen molar-refractivity contribution in [3.05, 3.63) is 63.2 Å². The van der Waals surface area contributed by atoms with Gasteiger partial charge in [-0.15, -0.1) is 11.3 Å². The van der Waals surface area contributed by atoms with E-state index in [1.807, 2.05) is 11.4 Å². The third kappa shape index (κ3) is 2.42. The van der Waals surface area contributed by atoms with Gasteiger partial charge >= 0.3 is 0 Å². The van der Waals surface area contributed by atoms with Crippen molar-refractivity contribution in [1.29, 1.82) is 0 Å². The van der Waals surface area contributed by atoms with E-state index < -0.39 is 0 Å². The zero-order chi connectivity index (χ0) is 16.7. The number of aromatic nitrogens is 3. The van der Waals surface area contributed by atoms with Crippen molar-refractivity contribution in [2.75, 3.05) is 5.32 Å². The van der Waals surface area contributed by atoms with Crippen LogP contribution in [0.4, 0.5) is 16.2 Å². The SMILES string of the molecule is [C-]#[N+]c1cn2c(NCc3c(F)ccc4sccc34)ncc(Br)c2n1. The number of nitrogens with one attached hydrogen (secondary N) is 1. The van der Waals surface area contributed by atoms with Crippen LogP contribution in [0.5, 0.6) is 0 Å². The minimum atomic E-state index is -0.255. The quantitative estimate of drug-likeness (QED) is 0.490. The van der Waals surface area contributed by atoms with Gasteiger partial charge in [0.05, 0.1) is 6.20 Å². The topological polar surface area (TPSA) is 46.6 Å². The van der Waals surface area contributed by atoms with Gasteiger partial charge in [-0.3, -0.25) is 4.40 Å². The lowest BCUT2D eigenvalue weighted by atomic mass is 10.1. The second kappa shape index (κ2) is 5.85. The minimum Gasteiger partial charge on any atom is -0.359 e. The molecule has 0 atom stereocenters. The molecule has 118 valence electrons. The molecule has 4 aromatic rings. The average molecular weight is 402 g/mol. The molecule has 0 spiro atoms. The van der Waals surface area contributed by atoms with Gasteiger partial charge in [0.15, 0.2) is 0 Å². The first-order valence-electron chi connectivity index (χ1n) is 6.97.